The lowest BCUT2D eigenvalue weighted by molar-refractivity contribution is 0.243. The zero-order valence-electron chi connectivity index (χ0n) is 15.6. The number of aryl methyl sites for hydroxylation is 1. The van der Waals surface area contributed by atoms with Gasteiger partial charge in [0.15, 0.2) is 0 Å². The van der Waals surface area contributed by atoms with Gasteiger partial charge in [-0.25, -0.2) is 9.97 Å². The summed E-state index contributed by atoms with van der Waals surface area (Å²) < 4.78 is 2.23. The van der Waals surface area contributed by atoms with Crippen molar-refractivity contribution in [3.63, 3.8) is 0 Å². The minimum Gasteiger partial charge on any atom is -0.368 e. The molecular formula is C20H25N7. The first-order chi connectivity index (χ1) is 13.2. The number of rotatable bonds is 5. The molecule has 1 saturated heterocycles. The van der Waals surface area contributed by atoms with Crippen molar-refractivity contribution in [1.29, 1.82) is 0 Å². The number of aromatic nitrogens is 4. The van der Waals surface area contributed by atoms with Crippen molar-refractivity contribution in [3.8, 4) is 0 Å². The van der Waals surface area contributed by atoms with Crippen LogP contribution in [0.25, 0.3) is 0 Å². The minimum absolute atomic E-state index is 0.345. The normalized spacial score (nSPS) is 15.2. The summed E-state index contributed by atoms with van der Waals surface area (Å²) in [5.74, 6) is 1.27. The lowest BCUT2D eigenvalue weighted by Crippen LogP contribution is -2.46. The third-order valence-corrected chi connectivity index (χ3v) is 4.93. The van der Waals surface area contributed by atoms with Crippen LogP contribution < -0.4 is 10.6 Å². The van der Waals surface area contributed by atoms with E-state index in [1.54, 1.807) is 0 Å². The standard InChI is InChI=1S/C20H25N7/c1-16-11-19(24-20(21)23-16)26-9-7-25(8-10-26)14-18-12-22-15-27(18)13-17-5-3-2-4-6-17/h2-6,11-12,15H,7-10,13-14H2,1H3,(H2,21,23,24). The van der Waals surface area contributed by atoms with Crippen LogP contribution in [0.15, 0.2) is 48.9 Å². The van der Waals surface area contributed by atoms with Gasteiger partial charge in [-0.2, -0.15) is 4.98 Å². The Kier molecular flexibility index (Phi) is 5.02. The van der Waals surface area contributed by atoms with E-state index in [1.165, 1.54) is 11.3 Å². The van der Waals surface area contributed by atoms with Crippen molar-refractivity contribution in [3.05, 3.63) is 65.9 Å². The number of nitrogens with two attached hydrogens (primary N) is 1. The summed E-state index contributed by atoms with van der Waals surface area (Å²) in [4.78, 5) is 17.6. The van der Waals surface area contributed by atoms with Crippen LogP contribution in [0, 0.1) is 6.92 Å². The van der Waals surface area contributed by atoms with E-state index in [0.29, 0.717) is 5.95 Å². The van der Waals surface area contributed by atoms with Crippen molar-refractivity contribution in [1.82, 2.24) is 24.4 Å². The Labute approximate surface area is 159 Å². The SMILES string of the molecule is Cc1cc(N2CCN(Cc3cncn3Cc3ccccc3)CC2)nc(N)n1. The number of nitrogen functional groups attached to an aromatic ring is 1. The van der Waals surface area contributed by atoms with Crippen LogP contribution in [0.3, 0.4) is 0 Å². The molecule has 2 aromatic heterocycles. The first-order valence-corrected chi connectivity index (χ1v) is 9.29. The molecule has 1 fully saturated rings. The van der Waals surface area contributed by atoms with Crippen molar-refractivity contribution in [2.45, 2.75) is 20.0 Å². The molecule has 1 aliphatic rings. The highest BCUT2D eigenvalue weighted by molar-refractivity contribution is 5.43. The van der Waals surface area contributed by atoms with Crippen LogP contribution in [0.1, 0.15) is 17.0 Å². The van der Waals surface area contributed by atoms with E-state index in [-0.39, 0.29) is 0 Å². The van der Waals surface area contributed by atoms with Gasteiger partial charge in [0.2, 0.25) is 5.95 Å². The van der Waals surface area contributed by atoms with Gasteiger partial charge in [0.25, 0.3) is 0 Å². The topological polar surface area (TPSA) is 76.1 Å². The fourth-order valence-corrected chi connectivity index (χ4v) is 3.50. The van der Waals surface area contributed by atoms with Crippen LogP contribution in [-0.4, -0.2) is 50.6 Å². The molecular weight excluding hydrogens is 338 g/mol. The molecule has 0 atom stereocenters. The maximum absolute atomic E-state index is 5.79. The molecule has 0 aliphatic carbocycles. The molecule has 0 amide bonds. The number of hydrogen-bond acceptors (Lipinski definition) is 6. The van der Waals surface area contributed by atoms with Gasteiger partial charge in [0.1, 0.15) is 5.82 Å². The fourth-order valence-electron chi connectivity index (χ4n) is 3.50. The Morgan fingerprint density at radius 3 is 2.52 bits per heavy atom. The molecule has 3 heterocycles. The van der Waals surface area contributed by atoms with Crippen LogP contribution in [0.5, 0.6) is 0 Å². The maximum Gasteiger partial charge on any atom is 0.222 e. The highest BCUT2D eigenvalue weighted by Crippen LogP contribution is 2.17. The van der Waals surface area contributed by atoms with E-state index in [4.69, 9.17) is 5.73 Å². The molecule has 2 N–H and O–H groups in total. The van der Waals surface area contributed by atoms with Crippen LogP contribution in [0.4, 0.5) is 11.8 Å². The Morgan fingerprint density at radius 1 is 1.00 bits per heavy atom. The van der Waals surface area contributed by atoms with E-state index in [1.807, 2.05) is 31.6 Å². The molecule has 7 heteroatoms. The number of imidazole rings is 1. The molecule has 0 radical (unpaired) electrons. The smallest absolute Gasteiger partial charge is 0.222 e. The van der Waals surface area contributed by atoms with E-state index in [9.17, 15) is 0 Å². The number of benzene rings is 1. The average molecular weight is 363 g/mol. The molecule has 7 nitrogen and oxygen atoms in total. The summed E-state index contributed by atoms with van der Waals surface area (Å²) in [6.45, 7) is 7.55. The highest BCUT2D eigenvalue weighted by Gasteiger charge is 2.20. The van der Waals surface area contributed by atoms with Crippen molar-refractivity contribution < 1.29 is 0 Å². The van der Waals surface area contributed by atoms with E-state index in [2.05, 4.69) is 53.6 Å². The van der Waals surface area contributed by atoms with Gasteiger partial charge in [-0.3, -0.25) is 4.90 Å². The summed E-state index contributed by atoms with van der Waals surface area (Å²) >= 11 is 0. The summed E-state index contributed by atoms with van der Waals surface area (Å²) in [6.07, 6.45) is 3.90. The molecule has 27 heavy (non-hydrogen) atoms. The van der Waals surface area contributed by atoms with Crippen LogP contribution in [0.2, 0.25) is 0 Å². The molecule has 0 unspecified atom stereocenters. The van der Waals surface area contributed by atoms with Crippen molar-refractivity contribution in [2.24, 2.45) is 0 Å². The second kappa shape index (κ2) is 7.75. The second-order valence-electron chi connectivity index (χ2n) is 6.99. The highest BCUT2D eigenvalue weighted by atomic mass is 15.3. The summed E-state index contributed by atoms with van der Waals surface area (Å²) in [5, 5.41) is 0. The molecule has 1 aliphatic heterocycles. The van der Waals surface area contributed by atoms with Gasteiger partial charge >= 0.3 is 0 Å². The minimum atomic E-state index is 0.345. The van der Waals surface area contributed by atoms with Gasteiger partial charge in [-0.15, -0.1) is 0 Å². The Bertz CT molecular complexity index is 862. The van der Waals surface area contributed by atoms with E-state index < -0.39 is 0 Å². The van der Waals surface area contributed by atoms with Crippen LogP contribution >= 0.6 is 0 Å². The van der Waals surface area contributed by atoms with Gasteiger partial charge < -0.3 is 15.2 Å². The molecule has 140 valence electrons. The molecule has 0 saturated carbocycles. The number of piperazine rings is 1. The maximum atomic E-state index is 5.79. The molecule has 3 aromatic rings. The predicted octanol–water partition coefficient (Wildman–Crippen LogP) is 1.93. The fraction of sp³-hybridized carbons (Fsp3) is 0.350. The summed E-state index contributed by atoms with van der Waals surface area (Å²) in [5.41, 5.74) is 9.24. The summed E-state index contributed by atoms with van der Waals surface area (Å²) in [6, 6.07) is 12.5. The Morgan fingerprint density at radius 2 is 1.78 bits per heavy atom. The average Bonchev–Trinajstić information content (AvgIpc) is 3.09. The van der Waals surface area contributed by atoms with Crippen LogP contribution in [-0.2, 0) is 13.1 Å². The molecule has 4 rings (SSSR count). The van der Waals surface area contributed by atoms with Gasteiger partial charge in [0, 0.05) is 57.2 Å². The lowest BCUT2D eigenvalue weighted by Gasteiger charge is -2.35. The van der Waals surface area contributed by atoms with Gasteiger partial charge in [-0.05, 0) is 12.5 Å². The van der Waals surface area contributed by atoms with Gasteiger partial charge in [0.05, 0.1) is 12.0 Å². The first kappa shape index (κ1) is 17.5. The van der Waals surface area contributed by atoms with Crippen molar-refractivity contribution >= 4 is 11.8 Å². The number of hydrogen-bond donors (Lipinski definition) is 1. The Hall–Kier alpha value is -2.93. The monoisotopic (exact) mass is 363 g/mol. The molecule has 0 spiro atoms. The van der Waals surface area contributed by atoms with E-state index >= 15 is 0 Å². The molecule has 0 bridgehead atoms. The Balaban J connectivity index is 1.37. The number of nitrogens with zero attached hydrogens (tertiary/aromatic N) is 6. The third kappa shape index (κ3) is 4.25. The van der Waals surface area contributed by atoms with Crippen molar-refractivity contribution in [2.75, 3.05) is 36.8 Å². The second-order valence-corrected chi connectivity index (χ2v) is 6.99. The third-order valence-electron chi connectivity index (χ3n) is 4.93. The van der Waals surface area contributed by atoms with Gasteiger partial charge in [-0.1, -0.05) is 30.3 Å². The largest absolute Gasteiger partial charge is 0.368 e. The zero-order valence-corrected chi connectivity index (χ0v) is 15.6. The molecule has 1 aromatic carbocycles. The lowest BCUT2D eigenvalue weighted by atomic mass is 10.2. The quantitative estimate of drug-likeness (QED) is 0.747. The predicted molar refractivity (Wildman–Crippen MR) is 106 cm³/mol. The zero-order chi connectivity index (χ0) is 18.6. The van der Waals surface area contributed by atoms with E-state index in [0.717, 1.165) is 50.8 Å². The first-order valence-electron chi connectivity index (χ1n) is 9.29. The number of anilines is 2. The summed E-state index contributed by atoms with van der Waals surface area (Å²) in [7, 11) is 0.